The van der Waals surface area contributed by atoms with Crippen LogP contribution in [0, 0.1) is 12.8 Å². The Balaban J connectivity index is 1.45. The second-order valence-electron chi connectivity index (χ2n) is 7.61. The summed E-state index contributed by atoms with van der Waals surface area (Å²) in [5, 5.41) is 3.05. The van der Waals surface area contributed by atoms with E-state index in [9.17, 15) is 4.79 Å². The first-order chi connectivity index (χ1) is 12.7. The van der Waals surface area contributed by atoms with Crippen LogP contribution < -0.4 is 10.1 Å². The summed E-state index contributed by atoms with van der Waals surface area (Å²) in [4.78, 5) is 15.0. The zero-order valence-electron chi connectivity index (χ0n) is 16.1. The number of hydrogen-bond donors (Lipinski definition) is 1. The first kappa shape index (κ1) is 19.2. The highest BCUT2D eigenvalue weighted by Gasteiger charge is 2.27. The van der Waals surface area contributed by atoms with E-state index >= 15 is 0 Å². The largest absolute Gasteiger partial charge is 0.497 e. The number of amides is 1. The van der Waals surface area contributed by atoms with Gasteiger partial charge in [0.1, 0.15) is 5.75 Å². The number of carbonyl (C=O) groups excluding carboxylic acids is 1. The standard InChI is InChI=1S/C21H32N2O3/c1-16-14-19(25-2)6-7-20(16)22-21(24)8-5-17-4-3-11-23(15-17)18-9-12-26-13-10-18/h6-7,14,17-18H,3-5,8-13,15H2,1-2H3,(H,22,24). The number of carbonyl (C=O) groups is 1. The first-order valence-electron chi connectivity index (χ1n) is 9.92. The van der Waals surface area contributed by atoms with Crippen LogP contribution >= 0.6 is 0 Å². The van der Waals surface area contributed by atoms with Crippen LogP contribution in [0.1, 0.15) is 44.1 Å². The van der Waals surface area contributed by atoms with Crippen molar-refractivity contribution >= 4 is 11.6 Å². The molecule has 3 rings (SSSR count). The molecule has 0 bridgehead atoms. The van der Waals surface area contributed by atoms with Gasteiger partial charge < -0.3 is 14.8 Å². The van der Waals surface area contributed by atoms with Gasteiger partial charge in [0.2, 0.25) is 5.91 Å². The molecule has 1 unspecified atom stereocenters. The molecule has 2 aliphatic heterocycles. The van der Waals surface area contributed by atoms with Gasteiger partial charge in [-0.15, -0.1) is 0 Å². The molecule has 2 fully saturated rings. The van der Waals surface area contributed by atoms with Gasteiger partial charge in [-0.2, -0.15) is 0 Å². The highest BCUT2D eigenvalue weighted by molar-refractivity contribution is 5.91. The van der Waals surface area contributed by atoms with E-state index in [1.807, 2.05) is 25.1 Å². The van der Waals surface area contributed by atoms with E-state index in [4.69, 9.17) is 9.47 Å². The number of nitrogens with one attached hydrogen (secondary N) is 1. The Bertz CT molecular complexity index is 599. The SMILES string of the molecule is COc1ccc(NC(=O)CCC2CCCN(C3CCOCC3)C2)c(C)c1. The molecule has 0 spiro atoms. The predicted molar refractivity (Wildman–Crippen MR) is 104 cm³/mol. The third kappa shape index (κ3) is 5.21. The van der Waals surface area contributed by atoms with Crippen molar-refractivity contribution in [2.24, 2.45) is 5.92 Å². The van der Waals surface area contributed by atoms with Gasteiger partial charge in [0.05, 0.1) is 7.11 Å². The number of nitrogens with zero attached hydrogens (tertiary/aromatic N) is 1. The zero-order valence-corrected chi connectivity index (χ0v) is 16.1. The van der Waals surface area contributed by atoms with Crippen molar-refractivity contribution in [2.45, 2.75) is 51.5 Å². The second-order valence-corrected chi connectivity index (χ2v) is 7.61. The minimum absolute atomic E-state index is 0.112. The summed E-state index contributed by atoms with van der Waals surface area (Å²) in [5.41, 5.74) is 1.91. The van der Waals surface area contributed by atoms with Crippen LogP contribution in [-0.4, -0.2) is 50.3 Å². The van der Waals surface area contributed by atoms with Gasteiger partial charge in [0, 0.05) is 37.9 Å². The molecular weight excluding hydrogens is 328 g/mol. The number of benzene rings is 1. The molecular formula is C21H32N2O3. The normalized spacial score (nSPS) is 22.2. The van der Waals surface area contributed by atoms with Gasteiger partial charge in [-0.05, 0) is 75.3 Å². The van der Waals surface area contributed by atoms with Crippen LogP contribution in [0.4, 0.5) is 5.69 Å². The number of rotatable bonds is 6. The van der Waals surface area contributed by atoms with Crippen molar-refractivity contribution < 1.29 is 14.3 Å². The predicted octanol–water partition coefficient (Wildman–Crippen LogP) is 3.61. The third-order valence-electron chi connectivity index (χ3n) is 5.74. The molecule has 144 valence electrons. The second kappa shape index (κ2) is 9.38. The van der Waals surface area contributed by atoms with Gasteiger partial charge in [-0.3, -0.25) is 9.69 Å². The van der Waals surface area contributed by atoms with E-state index in [1.165, 1.54) is 19.4 Å². The molecule has 0 aliphatic carbocycles. The highest BCUT2D eigenvalue weighted by atomic mass is 16.5. The maximum absolute atomic E-state index is 12.4. The van der Waals surface area contributed by atoms with E-state index in [-0.39, 0.29) is 5.91 Å². The monoisotopic (exact) mass is 360 g/mol. The maximum Gasteiger partial charge on any atom is 0.224 e. The zero-order chi connectivity index (χ0) is 18.4. The Hall–Kier alpha value is -1.59. The van der Waals surface area contributed by atoms with Crippen LogP contribution in [-0.2, 0) is 9.53 Å². The summed E-state index contributed by atoms with van der Waals surface area (Å²) in [6, 6.07) is 6.43. The van der Waals surface area contributed by atoms with E-state index < -0.39 is 0 Å². The quantitative estimate of drug-likeness (QED) is 0.842. The van der Waals surface area contributed by atoms with Crippen LogP contribution in [0.2, 0.25) is 0 Å². The Labute approximate surface area is 157 Å². The number of aryl methyl sites for hydroxylation is 1. The number of methoxy groups -OCH3 is 1. The molecule has 5 heteroatoms. The van der Waals surface area contributed by atoms with Crippen LogP contribution in [0.15, 0.2) is 18.2 Å². The maximum atomic E-state index is 12.4. The molecule has 2 heterocycles. The van der Waals surface area contributed by atoms with Crippen LogP contribution in [0.5, 0.6) is 5.75 Å². The fraction of sp³-hybridized carbons (Fsp3) is 0.667. The lowest BCUT2D eigenvalue weighted by Gasteiger charge is -2.40. The van der Waals surface area contributed by atoms with E-state index in [0.717, 1.165) is 56.0 Å². The molecule has 2 aliphatic rings. The summed E-state index contributed by atoms with van der Waals surface area (Å²) in [6.45, 7) is 6.13. The smallest absolute Gasteiger partial charge is 0.224 e. The van der Waals surface area contributed by atoms with Crippen LogP contribution in [0.25, 0.3) is 0 Å². The van der Waals surface area contributed by atoms with Crippen molar-refractivity contribution in [3.63, 3.8) is 0 Å². The highest BCUT2D eigenvalue weighted by Crippen LogP contribution is 2.26. The number of piperidine rings is 1. The molecule has 1 atom stereocenters. The van der Waals surface area contributed by atoms with Crippen molar-refractivity contribution in [3.05, 3.63) is 23.8 Å². The number of anilines is 1. The molecule has 0 saturated carbocycles. The van der Waals surface area contributed by atoms with E-state index in [2.05, 4.69) is 10.2 Å². The van der Waals surface area contributed by atoms with Gasteiger partial charge in [0.25, 0.3) is 0 Å². The van der Waals surface area contributed by atoms with Crippen molar-refractivity contribution in [3.8, 4) is 5.75 Å². The number of likely N-dealkylation sites (tertiary alicyclic amines) is 1. The van der Waals surface area contributed by atoms with E-state index in [0.29, 0.717) is 18.4 Å². The van der Waals surface area contributed by atoms with Crippen molar-refractivity contribution in [1.29, 1.82) is 0 Å². The lowest BCUT2D eigenvalue weighted by atomic mass is 9.91. The summed E-state index contributed by atoms with van der Waals surface area (Å²) in [6.07, 6.45) is 6.38. The average molecular weight is 360 g/mol. The summed E-state index contributed by atoms with van der Waals surface area (Å²) >= 11 is 0. The molecule has 1 amide bonds. The molecule has 5 nitrogen and oxygen atoms in total. The minimum atomic E-state index is 0.112. The van der Waals surface area contributed by atoms with Crippen LogP contribution in [0.3, 0.4) is 0 Å². The summed E-state index contributed by atoms with van der Waals surface area (Å²) < 4.78 is 10.7. The molecule has 1 aromatic rings. The Kier molecular flexibility index (Phi) is 6.92. The van der Waals surface area contributed by atoms with Gasteiger partial charge in [-0.25, -0.2) is 0 Å². The lowest BCUT2D eigenvalue weighted by Crippen LogP contribution is -2.45. The summed E-state index contributed by atoms with van der Waals surface area (Å²) in [7, 11) is 1.65. The van der Waals surface area contributed by atoms with Crippen molar-refractivity contribution in [2.75, 3.05) is 38.7 Å². The van der Waals surface area contributed by atoms with Gasteiger partial charge in [-0.1, -0.05) is 0 Å². The Morgan fingerprint density at radius 3 is 2.85 bits per heavy atom. The molecule has 26 heavy (non-hydrogen) atoms. The Morgan fingerprint density at radius 1 is 1.31 bits per heavy atom. The first-order valence-corrected chi connectivity index (χ1v) is 9.92. The van der Waals surface area contributed by atoms with Crippen molar-refractivity contribution in [1.82, 2.24) is 4.90 Å². The summed E-state index contributed by atoms with van der Waals surface area (Å²) in [5.74, 6) is 1.56. The third-order valence-corrected chi connectivity index (χ3v) is 5.74. The van der Waals surface area contributed by atoms with Gasteiger partial charge >= 0.3 is 0 Å². The minimum Gasteiger partial charge on any atom is -0.497 e. The molecule has 0 radical (unpaired) electrons. The average Bonchev–Trinajstić information content (AvgIpc) is 2.69. The van der Waals surface area contributed by atoms with Gasteiger partial charge in [0.15, 0.2) is 0 Å². The fourth-order valence-corrected chi connectivity index (χ4v) is 4.17. The number of ether oxygens (including phenoxy) is 2. The number of hydrogen-bond acceptors (Lipinski definition) is 4. The Morgan fingerprint density at radius 2 is 2.12 bits per heavy atom. The lowest BCUT2D eigenvalue weighted by molar-refractivity contribution is -0.116. The molecule has 2 saturated heterocycles. The van der Waals surface area contributed by atoms with E-state index in [1.54, 1.807) is 7.11 Å². The molecule has 0 aromatic heterocycles. The fourth-order valence-electron chi connectivity index (χ4n) is 4.17. The topological polar surface area (TPSA) is 50.8 Å². The molecule has 1 N–H and O–H groups in total. The molecule has 1 aromatic carbocycles.